The summed E-state index contributed by atoms with van der Waals surface area (Å²) in [6, 6.07) is 1.64. The Morgan fingerprint density at radius 3 is 2.57 bits per heavy atom. The lowest BCUT2D eigenvalue weighted by molar-refractivity contribution is -0.155. The molecule has 0 aliphatic heterocycles. The molecule has 1 rings (SSSR count). The first-order valence-corrected chi connectivity index (χ1v) is 7.13. The normalized spacial score (nSPS) is 12.2. The van der Waals surface area contributed by atoms with E-state index in [-0.39, 0.29) is 12.2 Å². The summed E-state index contributed by atoms with van der Waals surface area (Å²) in [6.45, 7) is 6.39. The van der Waals surface area contributed by atoms with E-state index in [1.165, 1.54) is 0 Å². The molecule has 23 heavy (non-hydrogen) atoms. The molecule has 1 heterocycles. The topological polar surface area (TPSA) is 89.3 Å². The zero-order valence-corrected chi connectivity index (χ0v) is 13.9. The maximum absolute atomic E-state index is 14.3. The second-order valence-electron chi connectivity index (χ2n) is 5.51. The van der Waals surface area contributed by atoms with Gasteiger partial charge in [0.15, 0.2) is 16.9 Å². The maximum atomic E-state index is 14.3. The molecule has 0 amide bonds. The second-order valence-corrected chi connectivity index (χ2v) is 5.86. The summed E-state index contributed by atoms with van der Waals surface area (Å²) in [4.78, 5) is 27.6. The third-order valence-corrected chi connectivity index (χ3v) is 2.83. The first-order valence-electron chi connectivity index (χ1n) is 6.75. The predicted octanol–water partition coefficient (Wildman–Crippen LogP) is 3.00. The standard InChI is InChI=1S/C15H16ClFN2O4/c1-5-22-13(20)9-7-19-12(16)11(17)10(9)8(6-18)14(21)23-15(2,3)4/h7-8H,5H2,1-4H3. The molecule has 0 bridgehead atoms. The van der Waals surface area contributed by atoms with Crippen molar-refractivity contribution in [2.24, 2.45) is 0 Å². The van der Waals surface area contributed by atoms with E-state index >= 15 is 0 Å². The van der Waals surface area contributed by atoms with Crippen LogP contribution in [0.2, 0.25) is 5.15 Å². The number of rotatable bonds is 4. The molecule has 8 heteroatoms. The van der Waals surface area contributed by atoms with Gasteiger partial charge in [-0.2, -0.15) is 5.26 Å². The van der Waals surface area contributed by atoms with Crippen LogP contribution in [0.4, 0.5) is 4.39 Å². The lowest BCUT2D eigenvalue weighted by atomic mass is 9.96. The van der Waals surface area contributed by atoms with Gasteiger partial charge in [-0.05, 0) is 27.7 Å². The maximum Gasteiger partial charge on any atom is 0.340 e. The number of carbonyl (C=O) groups is 2. The van der Waals surface area contributed by atoms with E-state index in [1.807, 2.05) is 0 Å². The van der Waals surface area contributed by atoms with E-state index in [0.29, 0.717) is 0 Å². The summed E-state index contributed by atoms with van der Waals surface area (Å²) >= 11 is 5.61. The minimum absolute atomic E-state index is 0.0339. The number of hydrogen-bond donors (Lipinski definition) is 0. The molecular weight excluding hydrogens is 327 g/mol. The summed E-state index contributed by atoms with van der Waals surface area (Å²) in [5.41, 5.74) is -1.73. The quantitative estimate of drug-likeness (QED) is 0.617. The minimum atomic E-state index is -1.67. The van der Waals surface area contributed by atoms with Crippen molar-refractivity contribution in [3.8, 4) is 6.07 Å². The summed E-state index contributed by atoms with van der Waals surface area (Å²) in [5, 5.41) is 8.71. The smallest absolute Gasteiger partial charge is 0.340 e. The van der Waals surface area contributed by atoms with Crippen molar-refractivity contribution >= 4 is 23.5 Å². The van der Waals surface area contributed by atoms with Crippen molar-refractivity contribution < 1.29 is 23.5 Å². The van der Waals surface area contributed by atoms with Crippen LogP contribution in [0.1, 0.15) is 49.5 Å². The van der Waals surface area contributed by atoms with E-state index < -0.39 is 40.0 Å². The van der Waals surface area contributed by atoms with Gasteiger partial charge in [0.25, 0.3) is 0 Å². The number of hydrogen-bond acceptors (Lipinski definition) is 6. The summed E-state index contributed by atoms with van der Waals surface area (Å²) in [7, 11) is 0. The van der Waals surface area contributed by atoms with Crippen LogP contribution in [0, 0.1) is 17.1 Å². The molecule has 0 N–H and O–H groups in total. The molecule has 1 aromatic heterocycles. The van der Waals surface area contributed by atoms with Crippen molar-refractivity contribution in [2.45, 2.75) is 39.2 Å². The molecule has 0 saturated carbocycles. The molecule has 0 radical (unpaired) electrons. The predicted molar refractivity (Wildman–Crippen MR) is 79.4 cm³/mol. The average molecular weight is 343 g/mol. The van der Waals surface area contributed by atoms with Gasteiger partial charge in [-0.1, -0.05) is 11.6 Å². The molecule has 6 nitrogen and oxygen atoms in total. The zero-order valence-electron chi connectivity index (χ0n) is 13.1. The highest BCUT2D eigenvalue weighted by molar-refractivity contribution is 6.29. The molecule has 0 fully saturated rings. The molecule has 0 spiro atoms. The fourth-order valence-electron chi connectivity index (χ4n) is 1.73. The molecule has 0 aromatic carbocycles. The highest BCUT2D eigenvalue weighted by atomic mass is 35.5. The van der Waals surface area contributed by atoms with Crippen molar-refractivity contribution in [2.75, 3.05) is 6.61 Å². The first-order chi connectivity index (χ1) is 10.6. The molecule has 0 aliphatic rings. The van der Waals surface area contributed by atoms with E-state index in [4.69, 9.17) is 21.1 Å². The van der Waals surface area contributed by atoms with Crippen LogP contribution in [-0.2, 0) is 14.3 Å². The minimum Gasteiger partial charge on any atom is -0.462 e. The van der Waals surface area contributed by atoms with Gasteiger partial charge in [-0.15, -0.1) is 0 Å². The number of nitrogens with zero attached hydrogens (tertiary/aromatic N) is 2. The lowest BCUT2D eigenvalue weighted by Crippen LogP contribution is -2.29. The molecule has 1 unspecified atom stereocenters. The van der Waals surface area contributed by atoms with Crippen LogP contribution < -0.4 is 0 Å². The SMILES string of the molecule is CCOC(=O)c1cnc(Cl)c(F)c1C(C#N)C(=O)OC(C)(C)C. The van der Waals surface area contributed by atoms with Crippen LogP contribution in [-0.4, -0.2) is 29.1 Å². The molecule has 0 aliphatic carbocycles. The third-order valence-electron chi connectivity index (χ3n) is 2.57. The van der Waals surface area contributed by atoms with Crippen molar-refractivity contribution in [3.63, 3.8) is 0 Å². The van der Waals surface area contributed by atoms with Crippen molar-refractivity contribution in [1.29, 1.82) is 5.26 Å². The lowest BCUT2D eigenvalue weighted by Gasteiger charge is -2.22. The first kappa shape index (κ1) is 18.8. The zero-order chi connectivity index (χ0) is 17.8. The average Bonchev–Trinajstić information content (AvgIpc) is 2.42. The van der Waals surface area contributed by atoms with E-state index in [0.717, 1.165) is 6.20 Å². The summed E-state index contributed by atoms with van der Waals surface area (Å²) in [5.74, 6) is -4.70. The van der Waals surface area contributed by atoms with Crippen LogP contribution >= 0.6 is 11.6 Å². The highest BCUT2D eigenvalue weighted by Crippen LogP contribution is 2.29. The van der Waals surface area contributed by atoms with Gasteiger partial charge >= 0.3 is 11.9 Å². The van der Waals surface area contributed by atoms with Gasteiger partial charge in [0.1, 0.15) is 5.60 Å². The van der Waals surface area contributed by atoms with E-state index in [9.17, 15) is 19.2 Å². The van der Waals surface area contributed by atoms with E-state index in [1.54, 1.807) is 33.8 Å². The Kier molecular flexibility index (Phi) is 6.05. The van der Waals surface area contributed by atoms with Crippen LogP contribution in [0.25, 0.3) is 0 Å². The Balaban J connectivity index is 3.42. The number of pyridine rings is 1. The third kappa shape index (κ3) is 4.63. The van der Waals surface area contributed by atoms with Crippen molar-refractivity contribution in [3.05, 3.63) is 28.3 Å². The number of nitriles is 1. The van der Waals surface area contributed by atoms with Crippen LogP contribution in [0.15, 0.2) is 6.20 Å². The molecule has 1 aromatic rings. The molecule has 124 valence electrons. The van der Waals surface area contributed by atoms with Crippen LogP contribution in [0.3, 0.4) is 0 Å². The Bertz CT molecular complexity index is 665. The molecule has 1 atom stereocenters. The summed E-state index contributed by atoms with van der Waals surface area (Å²) in [6.07, 6.45) is 0.966. The second kappa shape index (κ2) is 7.38. The van der Waals surface area contributed by atoms with E-state index in [2.05, 4.69) is 4.98 Å². The number of ether oxygens (including phenoxy) is 2. The largest absolute Gasteiger partial charge is 0.462 e. The highest BCUT2D eigenvalue weighted by Gasteiger charge is 2.34. The fraction of sp³-hybridized carbons (Fsp3) is 0.467. The Labute approximate surface area is 138 Å². The molecule has 0 saturated heterocycles. The number of esters is 2. The van der Waals surface area contributed by atoms with Crippen molar-refractivity contribution in [1.82, 2.24) is 4.98 Å². The Morgan fingerprint density at radius 1 is 1.48 bits per heavy atom. The van der Waals surface area contributed by atoms with Gasteiger partial charge < -0.3 is 9.47 Å². The number of aromatic nitrogens is 1. The molecular formula is C15H16ClFN2O4. The monoisotopic (exact) mass is 342 g/mol. The van der Waals surface area contributed by atoms with Gasteiger partial charge in [0.05, 0.1) is 18.2 Å². The Hall–Kier alpha value is -2.20. The van der Waals surface area contributed by atoms with Crippen LogP contribution in [0.5, 0.6) is 0 Å². The van der Waals surface area contributed by atoms with Gasteiger partial charge in [-0.25, -0.2) is 14.2 Å². The fourth-order valence-corrected chi connectivity index (χ4v) is 1.88. The van der Waals surface area contributed by atoms with Gasteiger partial charge in [0, 0.05) is 11.8 Å². The number of halogens is 2. The van der Waals surface area contributed by atoms with Gasteiger partial charge in [-0.3, -0.25) is 4.79 Å². The number of carbonyl (C=O) groups excluding carboxylic acids is 2. The summed E-state index contributed by atoms with van der Waals surface area (Å²) < 4.78 is 24.2. The van der Waals surface area contributed by atoms with Gasteiger partial charge in [0.2, 0.25) is 0 Å². The Morgan fingerprint density at radius 2 is 2.09 bits per heavy atom.